The first-order chi connectivity index (χ1) is 6.33. The third-order valence-electron chi connectivity index (χ3n) is 2.11. The summed E-state index contributed by atoms with van der Waals surface area (Å²) in [5.41, 5.74) is 6.81. The Labute approximate surface area is 92.8 Å². The number of nitrogens with two attached hydrogens (primary N) is 1. The van der Waals surface area contributed by atoms with Crippen molar-refractivity contribution in [2.45, 2.75) is 6.04 Å². The molecule has 0 radical (unpaired) electrons. The molecule has 1 atom stereocenters. The third kappa shape index (κ3) is 1.91. The second kappa shape index (κ2) is 4.75. The summed E-state index contributed by atoms with van der Waals surface area (Å²) >= 11 is 1.67. The number of benzene rings is 1. The lowest BCUT2D eigenvalue weighted by Crippen LogP contribution is -2.13. The molecule has 14 heavy (non-hydrogen) atoms. The Kier molecular flexibility index (Phi) is 3.89. The number of rotatable bonds is 2. The fraction of sp³-hybridized carbons (Fsp3) is 0.200. The van der Waals surface area contributed by atoms with Crippen LogP contribution in [0.2, 0.25) is 0 Å². The van der Waals surface area contributed by atoms with Crippen LogP contribution in [0.1, 0.15) is 11.6 Å². The number of aliphatic hydroxyl groups excluding tert-OH is 1. The minimum absolute atomic E-state index is 0. The number of fused-ring (bicyclic) bond motifs is 1. The van der Waals surface area contributed by atoms with Gasteiger partial charge in [0.1, 0.15) is 0 Å². The molecule has 0 fully saturated rings. The standard InChI is InChI=1S/C10H11NOS.ClH/c11-9(5-12)8-6-13-10-4-2-1-3-7(8)10;/h1-4,6,9,12H,5,11H2;1H/t9-;/m1./s1. The molecule has 0 bridgehead atoms. The molecule has 0 unspecified atom stereocenters. The summed E-state index contributed by atoms with van der Waals surface area (Å²) in [6.45, 7) is 0.000722. The second-order valence-corrected chi connectivity index (χ2v) is 3.89. The highest BCUT2D eigenvalue weighted by atomic mass is 35.5. The van der Waals surface area contributed by atoms with Gasteiger partial charge in [0.2, 0.25) is 0 Å². The fourth-order valence-electron chi connectivity index (χ4n) is 1.38. The highest BCUT2D eigenvalue weighted by Gasteiger charge is 2.09. The summed E-state index contributed by atoms with van der Waals surface area (Å²) < 4.78 is 1.22. The van der Waals surface area contributed by atoms with Crippen molar-refractivity contribution in [3.05, 3.63) is 35.2 Å². The van der Waals surface area contributed by atoms with Crippen LogP contribution in [0.15, 0.2) is 29.6 Å². The lowest BCUT2D eigenvalue weighted by atomic mass is 10.1. The molecule has 2 aromatic rings. The van der Waals surface area contributed by atoms with Crippen LogP contribution < -0.4 is 5.73 Å². The molecule has 0 amide bonds. The molecule has 0 spiro atoms. The predicted molar refractivity (Wildman–Crippen MR) is 63.1 cm³/mol. The van der Waals surface area contributed by atoms with Gasteiger partial charge >= 0.3 is 0 Å². The number of aliphatic hydroxyl groups is 1. The van der Waals surface area contributed by atoms with Crippen molar-refractivity contribution in [3.63, 3.8) is 0 Å². The largest absolute Gasteiger partial charge is 0.394 e. The normalized spacial score (nSPS) is 12.4. The van der Waals surface area contributed by atoms with Crippen LogP contribution in [0, 0.1) is 0 Å². The summed E-state index contributed by atoms with van der Waals surface area (Å²) in [4.78, 5) is 0. The smallest absolute Gasteiger partial charge is 0.0624 e. The Bertz CT molecular complexity index is 415. The molecule has 2 nitrogen and oxygen atoms in total. The first-order valence-corrected chi connectivity index (χ1v) is 5.03. The molecule has 0 saturated heterocycles. The third-order valence-corrected chi connectivity index (χ3v) is 3.09. The van der Waals surface area contributed by atoms with Gasteiger partial charge in [-0.15, -0.1) is 23.7 Å². The van der Waals surface area contributed by atoms with Crippen LogP contribution in [-0.2, 0) is 0 Å². The molecular weight excluding hydrogens is 218 g/mol. The molecule has 3 N–H and O–H groups in total. The number of halogens is 1. The van der Waals surface area contributed by atoms with Gasteiger partial charge in [0.25, 0.3) is 0 Å². The van der Waals surface area contributed by atoms with Crippen LogP contribution in [0.5, 0.6) is 0 Å². The van der Waals surface area contributed by atoms with Gasteiger partial charge in [-0.1, -0.05) is 18.2 Å². The highest BCUT2D eigenvalue weighted by Crippen LogP contribution is 2.28. The first kappa shape index (κ1) is 11.5. The monoisotopic (exact) mass is 229 g/mol. The van der Waals surface area contributed by atoms with Crippen molar-refractivity contribution in [1.82, 2.24) is 0 Å². The summed E-state index contributed by atoms with van der Waals surface area (Å²) in [7, 11) is 0. The van der Waals surface area contributed by atoms with Gasteiger partial charge in [-0.25, -0.2) is 0 Å². The summed E-state index contributed by atoms with van der Waals surface area (Å²) in [5, 5.41) is 12.1. The molecule has 0 aliphatic carbocycles. The lowest BCUT2D eigenvalue weighted by Gasteiger charge is -2.05. The van der Waals surface area contributed by atoms with E-state index in [-0.39, 0.29) is 25.1 Å². The van der Waals surface area contributed by atoms with E-state index in [2.05, 4.69) is 6.07 Å². The minimum Gasteiger partial charge on any atom is -0.394 e. The Morgan fingerprint density at radius 2 is 2.07 bits per heavy atom. The predicted octanol–water partition coefficient (Wildman–Crippen LogP) is 2.32. The summed E-state index contributed by atoms with van der Waals surface area (Å²) in [5.74, 6) is 0. The number of hydrogen-bond acceptors (Lipinski definition) is 3. The molecule has 4 heteroatoms. The minimum atomic E-state index is -0.254. The zero-order valence-corrected chi connectivity index (χ0v) is 9.15. The van der Waals surface area contributed by atoms with E-state index in [0.717, 1.165) is 10.9 Å². The van der Waals surface area contributed by atoms with Crippen molar-refractivity contribution in [1.29, 1.82) is 0 Å². The second-order valence-electron chi connectivity index (χ2n) is 2.98. The summed E-state index contributed by atoms with van der Waals surface area (Å²) in [6, 6.07) is 7.84. The van der Waals surface area contributed by atoms with Gasteiger partial charge in [0.15, 0.2) is 0 Å². The molecule has 1 heterocycles. The quantitative estimate of drug-likeness (QED) is 0.830. The topological polar surface area (TPSA) is 46.2 Å². The van der Waals surface area contributed by atoms with E-state index in [9.17, 15) is 0 Å². The summed E-state index contributed by atoms with van der Waals surface area (Å²) in [6.07, 6.45) is 0. The first-order valence-electron chi connectivity index (χ1n) is 4.15. The van der Waals surface area contributed by atoms with Crippen LogP contribution in [0.3, 0.4) is 0 Å². The van der Waals surface area contributed by atoms with Gasteiger partial charge in [0.05, 0.1) is 12.6 Å². The van der Waals surface area contributed by atoms with Crippen LogP contribution in [0.4, 0.5) is 0 Å². The Morgan fingerprint density at radius 1 is 1.36 bits per heavy atom. The molecule has 1 aromatic carbocycles. The average Bonchev–Trinajstić information content (AvgIpc) is 2.60. The van der Waals surface area contributed by atoms with Gasteiger partial charge in [0, 0.05) is 4.70 Å². The number of hydrogen-bond donors (Lipinski definition) is 2. The van der Waals surface area contributed by atoms with E-state index >= 15 is 0 Å². The molecule has 1 aromatic heterocycles. The van der Waals surface area contributed by atoms with E-state index in [4.69, 9.17) is 10.8 Å². The molecule has 0 aliphatic rings. The van der Waals surface area contributed by atoms with Gasteiger partial charge < -0.3 is 10.8 Å². The molecule has 2 rings (SSSR count). The fourth-order valence-corrected chi connectivity index (χ4v) is 2.41. The van der Waals surface area contributed by atoms with Crippen molar-refractivity contribution in [2.75, 3.05) is 6.61 Å². The highest BCUT2D eigenvalue weighted by molar-refractivity contribution is 7.17. The van der Waals surface area contributed by atoms with Crippen molar-refractivity contribution in [3.8, 4) is 0 Å². The lowest BCUT2D eigenvalue weighted by molar-refractivity contribution is 0.269. The molecular formula is C10H12ClNOS. The molecule has 0 aliphatic heterocycles. The van der Waals surface area contributed by atoms with Crippen LogP contribution in [-0.4, -0.2) is 11.7 Å². The van der Waals surface area contributed by atoms with Gasteiger partial charge in [-0.05, 0) is 22.4 Å². The van der Waals surface area contributed by atoms with Gasteiger partial charge in [-0.3, -0.25) is 0 Å². The maximum atomic E-state index is 8.95. The van der Waals surface area contributed by atoms with E-state index in [1.54, 1.807) is 11.3 Å². The maximum absolute atomic E-state index is 8.95. The SMILES string of the molecule is Cl.N[C@H](CO)c1csc2ccccc12. The Morgan fingerprint density at radius 3 is 2.79 bits per heavy atom. The van der Waals surface area contributed by atoms with Crippen LogP contribution >= 0.6 is 23.7 Å². The van der Waals surface area contributed by atoms with E-state index in [1.165, 1.54) is 4.70 Å². The van der Waals surface area contributed by atoms with E-state index < -0.39 is 0 Å². The van der Waals surface area contributed by atoms with E-state index in [0.29, 0.717) is 0 Å². The molecule has 76 valence electrons. The number of thiophene rings is 1. The zero-order valence-electron chi connectivity index (χ0n) is 7.51. The maximum Gasteiger partial charge on any atom is 0.0624 e. The average molecular weight is 230 g/mol. The van der Waals surface area contributed by atoms with E-state index in [1.807, 2.05) is 23.6 Å². The van der Waals surface area contributed by atoms with Crippen LogP contribution in [0.25, 0.3) is 10.1 Å². The van der Waals surface area contributed by atoms with Crippen molar-refractivity contribution >= 4 is 33.8 Å². The zero-order chi connectivity index (χ0) is 9.26. The van der Waals surface area contributed by atoms with Gasteiger partial charge in [-0.2, -0.15) is 0 Å². The molecule has 0 saturated carbocycles. The Hall–Kier alpha value is -0.610. The Balaban J connectivity index is 0.000000980. The van der Waals surface area contributed by atoms with Crippen molar-refractivity contribution < 1.29 is 5.11 Å². The van der Waals surface area contributed by atoms with Crippen molar-refractivity contribution in [2.24, 2.45) is 5.73 Å².